The third-order valence-corrected chi connectivity index (χ3v) is 3.33. The van der Waals surface area contributed by atoms with Crippen LogP contribution in [-0.4, -0.2) is 0 Å². The molecular formula is C14H14BrFN2. The number of benzene rings is 2. The molecule has 94 valence electrons. The van der Waals surface area contributed by atoms with E-state index in [9.17, 15) is 4.39 Å². The van der Waals surface area contributed by atoms with Crippen LogP contribution in [0.4, 0.5) is 15.8 Å². The van der Waals surface area contributed by atoms with Crippen LogP contribution in [0.2, 0.25) is 0 Å². The van der Waals surface area contributed by atoms with E-state index in [0.717, 1.165) is 10.0 Å². The number of nitrogens with two attached hydrogens (primary N) is 1. The highest BCUT2D eigenvalue weighted by Gasteiger charge is 2.05. The van der Waals surface area contributed by atoms with Crippen LogP contribution in [-0.2, 0) is 6.54 Å². The van der Waals surface area contributed by atoms with Crippen molar-refractivity contribution in [2.45, 2.75) is 13.5 Å². The highest BCUT2D eigenvalue weighted by atomic mass is 79.9. The minimum atomic E-state index is -0.397. The Morgan fingerprint density at radius 1 is 1.28 bits per heavy atom. The zero-order chi connectivity index (χ0) is 13.1. The van der Waals surface area contributed by atoms with Gasteiger partial charge in [0, 0.05) is 11.0 Å². The summed E-state index contributed by atoms with van der Waals surface area (Å²) >= 11 is 3.44. The molecule has 0 aliphatic rings. The van der Waals surface area contributed by atoms with E-state index < -0.39 is 5.82 Å². The molecule has 4 heteroatoms. The number of nitrogen functional groups attached to an aromatic ring is 1. The molecule has 0 aromatic heterocycles. The Morgan fingerprint density at radius 2 is 2.06 bits per heavy atom. The second-order valence-electron chi connectivity index (χ2n) is 4.13. The summed E-state index contributed by atoms with van der Waals surface area (Å²) < 4.78 is 14.3. The Morgan fingerprint density at radius 3 is 2.83 bits per heavy atom. The Hall–Kier alpha value is -1.55. The van der Waals surface area contributed by atoms with Gasteiger partial charge in [0.2, 0.25) is 0 Å². The minimum Gasteiger partial charge on any atom is -0.395 e. The Balaban J connectivity index is 2.16. The van der Waals surface area contributed by atoms with Gasteiger partial charge in [-0.2, -0.15) is 0 Å². The second kappa shape index (κ2) is 5.40. The van der Waals surface area contributed by atoms with Gasteiger partial charge in [-0.3, -0.25) is 0 Å². The Kier molecular flexibility index (Phi) is 3.87. The number of rotatable bonds is 3. The van der Waals surface area contributed by atoms with E-state index in [4.69, 9.17) is 5.73 Å². The fourth-order valence-corrected chi connectivity index (χ4v) is 2.12. The van der Waals surface area contributed by atoms with Crippen molar-refractivity contribution in [1.29, 1.82) is 0 Å². The van der Waals surface area contributed by atoms with E-state index in [2.05, 4.69) is 21.2 Å². The highest BCUT2D eigenvalue weighted by molar-refractivity contribution is 9.10. The van der Waals surface area contributed by atoms with E-state index in [0.29, 0.717) is 12.2 Å². The summed E-state index contributed by atoms with van der Waals surface area (Å²) in [5.41, 5.74) is 8.77. The van der Waals surface area contributed by atoms with Gasteiger partial charge < -0.3 is 11.1 Å². The largest absolute Gasteiger partial charge is 0.395 e. The molecule has 0 amide bonds. The van der Waals surface area contributed by atoms with Crippen molar-refractivity contribution in [3.05, 3.63) is 57.8 Å². The molecule has 0 saturated heterocycles. The normalized spacial score (nSPS) is 10.4. The maximum atomic E-state index is 13.3. The van der Waals surface area contributed by atoms with Crippen molar-refractivity contribution in [2.24, 2.45) is 0 Å². The van der Waals surface area contributed by atoms with Gasteiger partial charge in [0.05, 0.1) is 11.4 Å². The number of halogens is 2. The van der Waals surface area contributed by atoms with E-state index in [-0.39, 0.29) is 5.69 Å². The zero-order valence-corrected chi connectivity index (χ0v) is 11.6. The van der Waals surface area contributed by atoms with Gasteiger partial charge in [-0.1, -0.05) is 28.1 Å². The van der Waals surface area contributed by atoms with Gasteiger partial charge in [-0.05, 0) is 42.3 Å². The predicted octanol–water partition coefficient (Wildman–Crippen LogP) is 4.09. The number of para-hydroxylation sites is 1. The van der Waals surface area contributed by atoms with Crippen LogP contribution in [0.5, 0.6) is 0 Å². The molecule has 0 fully saturated rings. The molecule has 0 heterocycles. The van der Waals surface area contributed by atoms with Gasteiger partial charge in [-0.15, -0.1) is 0 Å². The van der Waals surface area contributed by atoms with Crippen LogP contribution in [0.15, 0.2) is 40.9 Å². The molecule has 2 nitrogen and oxygen atoms in total. The number of hydrogen-bond acceptors (Lipinski definition) is 2. The van der Waals surface area contributed by atoms with Crippen LogP contribution in [0, 0.1) is 12.7 Å². The van der Waals surface area contributed by atoms with E-state index in [1.165, 1.54) is 11.6 Å². The lowest BCUT2D eigenvalue weighted by Gasteiger charge is -2.11. The van der Waals surface area contributed by atoms with Gasteiger partial charge in [0.15, 0.2) is 0 Å². The van der Waals surface area contributed by atoms with Gasteiger partial charge in [-0.25, -0.2) is 4.39 Å². The second-order valence-corrected chi connectivity index (χ2v) is 5.04. The van der Waals surface area contributed by atoms with Crippen molar-refractivity contribution >= 4 is 27.3 Å². The van der Waals surface area contributed by atoms with Crippen molar-refractivity contribution in [3.8, 4) is 0 Å². The first kappa shape index (κ1) is 12.9. The van der Waals surface area contributed by atoms with Crippen molar-refractivity contribution in [3.63, 3.8) is 0 Å². The van der Waals surface area contributed by atoms with Crippen LogP contribution < -0.4 is 11.1 Å². The summed E-state index contributed by atoms with van der Waals surface area (Å²) in [5.74, 6) is -0.397. The summed E-state index contributed by atoms with van der Waals surface area (Å²) in [7, 11) is 0. The van der Waals surface area contributed by atoms with Crippen LogP contribution in [0.3, 0.4) is 0 Å². The molecule has 0 unspecified atom stereocenters. The first-order valence-electron chi connectivity index (χ1n) is 5.61. The Bertz CT molecular complexity index is 568. The molecule has 2 rings (SSSR count). The molecule has 0 saturated carbocycles. The van der Waals surface area contributed by atoms with Crippen LogP contribution >= 0.6 is 15.9 Å². The van der Waals surface area contributed by atoms with Gasteiger partial charge in [0.25, 0.3) is 0 Å². The van der Waals surface area contributed by atoms with Crippen molar-refractivity contribution < 1.29 is 4.39 Å². The molecule has 0 atom stereocenters. The lowest BCUT2D eigenvalue weighted by Crippen LogP contribution is -2.05. The summed E-state index contributed by atoms with van der Waals surface area (Å²) in [4.78, 5) is 0. The number of nitrogens with one attached hydrogen (secondary N) is 1. The zero-order valence-electron chi connectivity index (χ0n) is 10.0. The summed E-state index contributed by atoms with van der Waals surface area (Å²) in [6, 6.07) is 10.8. The minimum absolute atomic E-state index is 0.158. The quantitative estimate of drug-likeness (QED) is 0.838. The van der Waals surface area contributed by atoms with Gasteiger partial charge in [0.1, 0.15) is 5.82 Å². The first-order chi connectivity index (χ1) is 8.58. The third kappa shape index (κ3) is 2.82. The average Bonchev–Trinajstić information content (AvgIpc) is 2.35. The molecule has 0 aliphatic heterocycles. The topological polar surface area (TPSA) is 38.0 Å². The highest BCUT2D eigenvalue weighted by Crippen LogP contribution is 2.23. The lowest BCUT2D eigenvalue weighted by atomic mass is 10.1. The molecule has 18 heavy (non-hydrogen) atoms. The molecule has 2 aromatic carbocycles. The molecule has 0 bridgehead atoms. The monoisotopic (exact) mass is 308 g/mol. The first-order valence-corrected chi connectivity index (χ1v) is 6.40. The summed E-state index contributed by atoms with van der Waals surface area (Å²) in [6.45, 7) is 2.65. The lowest BCUT2D eigenvalue weighted by molar-refractivity contribution is 0.633. The van der Waals surface area contributed by atoms with Gasteiger partial charge >= 0.3 is 0 Å². The standard InChI is InChI=1S/C14H14BrFN2/c1-9-5-6-11(15)7-10(9)8-18-13-4-2-3-12(16)14(13)17/h2-7,18H,8,17H2,1H3. The van der Waals surface area contributed by atoms with E-state index >= 15 is 0 Å². The number of anilines is 2. The van der Waals surface area contributed by atoms with Crippen molar-refractivity contribution in [1.82, 2.24) is 0 Å². The average molecular weight is 309 g/mol. The molecule has 3 N–H and O–H groups in total. The number of aryl methyl sites for hydroxylation is 1. The Labute approximate surface area is 114 Å². The molecule has 2 aromatic rings. The summed E-state index contributed by atoms with van der Waals surface area (Å²) in [5, 5.41) is 3.15. The third-order valence-electron chi connectivity index (χ3n) is 2.83. The fourth-order valence-electron chi connectivity index (χ4n) is 1.71. The SMILES string of the molecule is Cc1ccc(Br)cc1CNc1cccc(F)c1N. The number of hydrogen-bond donors (Lipinski definition) is 2. The van der Waals surface area contributed by atoms with E-state index in [1.54, 1.807) is 12.1 Å². The maximum absolute atomic E-state index is 13.3. The molecule has 0 radical (unpaired) electrons. The predicted molar refractivity (Wildman–Crippen MR) is 77.0 cm³/mol. The molecule has 0 aliphatic carbocycles. The van der Waals surface area contributed by atoms with E-state index in [1.807, 2.05) is 25.1 Å². The van der Waals surface area contributed by atoms with Crippen LogP contribution in [0.1, 0.15) is 11.1 Å². The summed E-state index contributed by atoms with van der Waals surface area (Å²) in [6.07, 6.45) is 0. The molecular weight excluding hydrogens is 295 g/mol. The maximum Gasteiger partial charge on any atom is 0.148 e. The fraction of sp³-hybridized carbons (Fsp3) is 0.143. The smallest absolute Gasteiger partial charge is 0.148 e. The van der Waals surface area contributed by atoms with Crippen molar-refractivity contribution in [2.75, 3.05) is 11.1 Å². The van der Waals surface area contributed by atoms with Crippen LogP contribution in [0.25, 0.3) is 0 Å². The molecule has 0 spiro atoms.